The van der Waals surface area contributed by atoms with Crippen molar-refractivity contribution in [2.75, 3.05) is 36.1 Å². The molecule has 0 saturated carbocycles. The number of anilines is 2. The van der Waals surface area contributed by atoms with Gasteiger partial charge in [0.2, 0.25) is 10.0 Å². The molecule has 0 fully saturated rings. The molecule has 0 aliphatic heterocycles. The Bertz CT molecular complexity index is 1430. The van der Waals surface area contributed by atoms with Crippen LogP contribution in [-0.2, 0) is 19.6 Å². The van der Waals surface area contributed by atoms with Crippen LogP contribution < -0.4 is 24.5 Å². The first kappa shape index (κ1) is 28.5. The zero-order valence-corrected chi connectivity index (χ0v) is 22.5. The first-order valence-corrected chi connectivity index (χ1v) is 13.5. The highest BCUT2D eigenvalue weighted by Crippen LogP contribution is 2.30. The first-order valence-electron chi connectivity index (χ1n) is 11.3. The molecule has 2 amide bonds. The Morgan fingerprint density at radius 1 is 1.05 bits per heavy atom. The summed E-state index contributed by atoms with van der Waals surface area (Å²) in [4.78, 5) is 24.5. The van der Waals surface area contributed by atoms with Gasteiger partial charge in [0.25, 0.3) is 11.8 Å². The molecular weight excluding hydrogens is 532 g/mol. The van der Waals surface area contributed by atoms with E-state index in [-0.39, 0.29) is 18.2 Å². The van der Waals surface area contributed by atoms with Gasteiger partial charge in [0.1, 0.15) is 18.0 Å². The molecule has 0 spiro atoms. The van der Waals surface area contributed by atoms with E-state index in [1.165, 1.54) is 13.3 Å². The number of carbonyl (C=O) groups excluding carboxylic acids is 2. The standard InChI is InChI=1S/C26H27ClN4O6S/c1-18-7-12-24(36-2)23(13-18)31(38(3,34)35)16-25(32)30-28-15-19-8-10-22(11-9-19)37-17-26(33)29-21-6-4-5-20(27)14-21/h4-15H,16-17H2,1-3H3,(H,29,33)(H,30,32)/b28-15-. The second-order valence-electron chi connectivity index (χ2n) is 8.15. The van der Waals surface area contributed by atoms with Crippen molar-refractivity contribution in [2.45, 2.75) is 6.92 Å². The summed E-state index contributed by atoms with van der Waals surface area (Å²) < 4.78 is 36.5. The van der Waals surface area contributed by atoms with Gasteiger partial charge in [0.15, 0.2) is 6.61 Å². The molecular formula is C26H27ClN4O6S. The molecule has 0 atom stereocenters. The summed E-state index contributed by atoms with van der Waals surface area (Å²) in [6.45, 7) is 1.12. The maximum Gasteiger partial charge on any atom is 0.262 e. The van der Waals surface area contributed by atoms with E-state index in [4.69, 9.17) is 21.1 Å². The van der Waals surface area contributed by atoms with Crippen LogP contribution in [0.25, 0.3) is 0 Å². The number of methoxy groups -OCH3 is 1. The molecule has 12 heteroatoms. The molecule has 0 aliphatic carbocycles. The molecule has 3 aromatic carbocycles. The Morgan fingerprint density at radius 2 is 1.79 bits per heavy atom. The first-order chi connectivity index (χ1) is 18.0. The minimum Gasteiger partial charge on any atom is -0.495 e. The van der Waals surface area contributed by atoms with E-state index >= 15 is 0 Å². The van der Waals surface area contributed by atoms with Crippen LogP contribution in [0, 0.1) is 6.92 Å². The van der Waals surface area contributed by atoms with Crippen LogP contribution in [0.2, 0.25) is 5.02 Å². The van der Waals surface area contributed by atoms with Gasteiger partial charge < -0.3 is 14.8 Å². The molecule has 200 valence electrons. The van der Waals surface area contributed by atoms with Gasteiger partial charge >= 0.3 is 0 Å². The van der Waals surface area contributed by atoms with Crippen molar-refractivity contribution in [1.82, 2.24) is 5.43 Å². The van der Waals surface area contributed by atoms with Gasteiger partial charge in [-0.2, -0.15) is 5.10 Å². The van der Waals surface area contributed by atoms with Crippen LogP contribution in [0.15, 0.2) is 71.8 Å². The second-order valence-corrected chi connectivity index (χ2v) is 10.5. The summed E-state index contributed by atoms with van der Waals surface area (Å²) in [5.41, 5.74) is 4.60. The average molecular weight is 559 g/mol. The lowest BCUT2D eigenvalue weighted by Crippen LogP contribution is -2.39. The Hall–Kier alpha value is -4.09. The molecule has 0 aliphatic rings. The summed E-state index contributed by atoms with van der Waals surface area (Å²) in [7, 11) is -2.36. The summed E-state index contributed by atoms with van der Waals surface area (Å²) >= 11 is 5.90. The Kier molecular flexibility index (Phi) is 9.69. The number of hydrogen-bond donors (Lipinski definition) is 2. The van der Waals surface area contributed by atoms with Gasteiger partial charge in [-0.1, -0.05) is 23.7 Å². The highest BCUT2D eigenvalue weighted by atomic mass is 35.5. The number of amides is 2. The van der Waals surface area contributed by atoms with Crippen LogP contribution in [0.4, 0.5) is 11.4 Å². The van der Waals surface area contributed by atoms with Gasteiger partial charge in [-0.15, -0.1) is 0 Å². The predicted octanol–water partition coefficient (Wildman–Crippen LogP) is 3.59. The predicted molar refractivity (Wildman–Crippen MR) is 148 cm³/mol. The highest BCUT2D eigenvalue weighted by molar-refractivity contribution is 7.92. The van der Waals surface area contributed by atoms with Crippen molar-refractivity contribution < 1.29 is 27.5 Å². The maximum absolute atomic E-state index is 12.5. The fourth-order valence-electron chi connectivity index (χ4n) is 3.28. The maximum atomic E-state index is 12.5. The molecule has 38 heavy (non-hydrogen) atoms. The quantitative estimate of drug-likeness (QED) is 0.273. The summed E-state index contributed by atoms with van der Waals surface area (Å²) in [6.07, 6.45) is 2.40. The minimum absolute atomic E-state index is 0.196. The van der Waals surface area contributed by atoms with Crippen LogP contribution in [0.5, 0.6) is 11.5 Å². The highest BCUT2D eigenvalue weighted by Gasteiger charge is 2.24. The zero-order chi connectivity index (χ0) is 27.7. The normalized spacial score (nSPS) is 11.2. The number of carbonyl (C=O) groups is 2. The van der Waals surface area contributed by atoms with Gasteiger partial charge in [-0.05, 0) is 72.6 Å². The van der Waals surface area contributed by atoms with Crippen LogP contribution >= 0.6 is 11.6 Å². The van der Waals surface area contributed by atoms with E-state index < -0.39 is 22.5 Å². The van der Waals surface area contributed by atoms with Gasteiger partial charge in [0, 0.05) is 10.7 Å². The summed E-state index contributed by atoms with van der Waals surface area (Å²) in [5, 5.41) is 7.09. The number of benzene rings is 3. The SMILES string of the molecule is COc1ccc(C)cc1N(CC(=O)N/N=C\c1ccc(OCC(=O)Nc2cccc(Cl)c2)cc1)S(C)(=O)=O. The van der Waals surface area contributed by atoms with E-state index in [2.05, 4.69) is 15.8 Å². The monoisotopic (exact) mass is 558 g/mol. The molecule has 3 rings (SSSR count). The molecule has 10 nitrogen and oxygen atoms in total. The number of halogens is 1. The van der Waals surface area contributed by atoms with Crippen LogP contribution in [0.1, 0.15) is 11.1 Å². The summed E-state index contributed by atoms with van der Waals surface area (Å²) in [5.74, 6) is -0.196. The number of ether oxygens (including phenoxy) is 2. The minimum atomic E-state index is -3.78. The lowest BCUT2D eigenvalue weighted by atomic mass is 10.2. The molecule has 0 aromatic heterocycles. The molecule has 0 saturated heterocycles. The zero-order valence-electron chi connectivity index (χ0n) is 21.0. The molecule has 0 heterocycles. The van der Waals surface area contributed by atoms with Crippen molar-refractivity contribution in [3.8, 4) is 11.5 Å². The molecule has 2 N–H and O–H groups in total. The third-order valence-corrected chi connectivity index (χ3v) is 6.41. The van der Waals surface area contributed by atoms with Crippen molar-refractivity contribution >= 4 is 51.0 Å². The summed E-state index contributed by atoms with van der Waals surface area (Å²) in [6, 6.07) is 18.5. The van der Waals surface area contributed by atoms with Crippen LogP contribution in [-0.4, -0.2) is 53.0 Å². The number of nitrogens with one attached hydrogen (secondary N) is 2. The second kappa shape index (κ2) is 12.9. The smallest absolute Gasteiger partial charge is 0.262 e. The largest absolute Gasteiger partial charge is 0.495 e. The Morgan fingerprint density at radius 3 is 2.45 bits per heavy atom. The fraction of sp³-hybridized carbons (Fsp3) is 0.192. The van der Waals surface area contributed by atoms with Crippen molar-refractivity contribution in [3.05, 3.63) is 82.9 Å². The van der Waals surface area contributed by atoms with Crippen molar-refractivity contribution in [2.24, 2.45) is 5.10 Å². The van der Waals surface area contributed by atoms with Crippen molar-refractivity contribution in [3.63, 3.8) is 0 Å². The Balaban J connectivity index is 1.54. The number of hydrazone groups is 1. The molecule has 3 aromatic rings. The van der Waals surface area contributed by atoms with E-state index in [1.54, 1.807) is 73.7 Å². The lowest BCUT2D eigenvalue weighted by molar-refractivity contribution is -0.119. The van der Waals surface area contributed by atoms with E-state index in [1.807, 2.05) is 0 Å². The third kappa shape index (κ3) is 8.49. The lowest BCUT2D eigenvalue weighted by Gasteiger charge is -2.23. The fourth-order valence-corrected chi connectivity index (χ4v) is 4.32. The number of sulfonamides is 1. The van der Waals surface area contributed by atoms with Crippen LogP contribution in [0.3, 0.4) is 0 Å². The molecule has 0 unspecified atom stereocenters. The van der Waals surface area contributed by atoms with Gasteiger partial charge in [-0.3, -0.25) is 13.9 Å². The number of hydrogen-bond acceptors (Lipinski definition) is 7. The van der Waals surface area contributed by atoms with Crippen molar-refractivity contribution in [1.29, 1.82) is 0 Å². The number of nitrogens with zero attached hydrogens (tertiary/aromatic N) is 2. The average Bonchev–Trinajstić information content (AvgIpc) is 2.86. The number of aryl methyl sites for hydroxylation is 1. The Labute approximate surface area is 226 Å². The molecule has 0 radical (unpaired) electrons. The number of rotatable bonds is 11. The van der Waals surface area contributed by atoms with Gasteiger partial charge in [-0.25, -0.2) is 13.8 Å². The van der Waals surface area contributed by atoms with E-state index in [0.717, 1.165) is 16.1 Å². The van der Waals surface area contributed by atoms with E-state index in [9.17, 15) is 18.0 Å². The van der Waals surface area contributed by atoms with Gasteiger partial charge in [0.05, 0.1) is 25.3 Å². The topological polar surface area (TPSA) is 126 Å². The third-order valence-electron chi connectivity index (χ3n) is 5.05. The van der Waals surface area contributed by atoms with E-state index in [0.29, 0.717) is 27.8 Å². The molecule has 0 bridgehead atoms.